The summed E-state index contributed by atoms with van der Waals surface area (Å²) in [4.78, 5) is 39.4. The van der Waals surface area contributed by atoms with Gasteiger partial charge in [0.1, 0.15) is 16.4 Å². The van der Waals surface area contributed by atoms with Crippen LogP contribution >= 0.6 is 11.3 Å². The van der Waals surface area contributed by atoms with Gasteiger partial charge in [0.2, 0.25) is 0 Å². The first-order valence-electron chi connectivity index (χ1n) is 13.9. The first-order valence-corrected chi connectivity index (χ1v) is 14.7. The molecular weight excluding hydrogens is 681 g/mol. The molecule has 7 nitrogen and oxygen atoms in total. The molecule has 48 heavy (non-hydrogen) atoms. The van der Waals surface area contributed by atoms with Crippen molar-refractivity contribution in [2.24, 2.45) is 0 Å². The van der Waals surface area contributed by atoms with Gasteiger partial charge in [0, 0.05) is 34.8 Å². The molecular formula is C31H22F9N3O4S. The second kappa shape index (κ2) is 13.0. The lowest BCUT2D eigenvalue weighted by Gasteiger charge is -2.17. The highest BCUT2D eigenvalue weighted by Gasteiger charge is 2.36. The number of ether oxygens (including phenoxy) is 1. The van der Waals surface area contributed by atoms with E-state index in [0.717, 1.165) is 29.2 Å². The zero-order valence-electron chi connectivity index (χ0n) is 24.4. The predicted molar refractivity (Wildman–Crippen MR) is 157 cm³/mol. The van der Waals surface area contributed by atoms with Crippen LogP contribution in [0.3, 0.4) is 0 Å². The van der Waals surface area contributed by atoms with Gasteiger partial charge in [0.25, 0.3) is 17.7 Å². The second-order valence-electron chi connectivity index (χ2n) is 10.6. The molecule has 254 valence electrons. The maximum atomic E-state index is 13.8. The van der Waals surface area contributed by atoms with Gasteiger partial charge < -0.3 is 20.3 Å². The number of thiophene rings is 1. The van der Waals surface area contributed by atoms with E-state index in [9.17, 15) is 53.9 Å². The number of carbonyl (C=O) groups is 3. The molecule has 1 aliphatic heterocycles. The summed E-state index contributed by atoms with van der Waals surface area (Å²) in [6, 6.07) is 8.53. The minimum atomic E-state index is -5.10. The molecule has 1 saturated heterocycles. The standard InChI is InChI=1S/C31H22F9N3O4S/c1-47-22-7-2-14(15-8-9-43(13-15)29(46)26(33)34)10-19(22)27(44)42-24-18-5-3-16(30(35,36)37)11-23(18)48-25(24)28(45)41-17-4-6-21(32)20(12-17)31(38,39)40/h2-7,10-12,15,26H,8-9,13H2,1H3,(H,41,45)(H,42,44). The summed E-state index contributed by atoms with van der Waals surface area (Å²) in [6.45, 7) is 0.0101. The van der Waals surface area contributed by atoms with E-state index < -0.39 is 65.0 Å². The Morgan fingerprint density at radius 3 is 2.29 bits per heavy atom. The Labute approximate surface area is 269 Å². The van der Waals surface area contributed by atoms with Crippen LogP contribution in [0.4, 0.5) is 50.9 Å². The normalized spacial score (nSPS) is 15.2. The third kappa shape index (κ3) is 7.05. The Kier molecular flexibility index (Phi) is 9.36. The average Bonchev–Trinajstić information content (AvgIpc) is 3.65. The van der Waals surface area contributed by atoms with Gasteiger partial charge in [0.15, 0.2) is 0 Å². The number of methoxy groups -OCH3 is 1. The number of hydrogen-bond donors (Lipinski definition) is 2. The van der Waals surface area contributed by atoms with E-state index >= 15 is 0 Å². The number of likely N-dealkylation sites (tertiary alicyclic amines) is 1. The monoisotopic (exact) mass is 703 g/mol. The van der Waals surface area contributed by atoms with Gasteiger partial charge in [-0.3, -0.25) is 14.4 Å². The maximum Gasteiger partial charge on any atom is 0.419 e. The Morgan fingerprint density at radius 1 is 0.917 bits per heavy atom. The van der Waals surface area contributed by atoms with Crippen LogP contribution in [-0.4, -0.2) is 49.2 Å². The van der Waals surface area contributed by atoms with Crippen molar-refractivity contribution in [3.05, 3.63) is 87.5 Å². The van der Waals surface area contributed by atoms with Crippen LogP contribution in [0.1, 0.15) is 49.1 Å². The Bertz CT molecular complexity index is 1910. The molecule has 5 rings (SSSR count). The third-order valence-electron chi connectivity index (χ3n) is 7.62. The van der Waals surface area contributed by atoms with E-state index in [4.69, 9.17) is 4.74 Å². The minimum absolute atomic E-state index is 0.00588. The second-order valence-corrected chi connectivity index (χ2v) is 11.7. The van der Waals surface area contributed by atoms with Crippen LogP contribution in [0.2, 0.25) is 0 Å². The van der Waals surface area contributed by atoms with Crippen molar-refractivity contribution in [3.8, 4) is 5.75 Å². The fourth-order valence-electron chi connectivity index (χ4n) is 5.27. The van der Waals surface area contributed by atoms with Gasteiger partial charge >= 0.3 is 18.8 Å². The smallest absolute Gasteiger partial charge is 0.419 e. The highest BCUT2D eigenvalue weighted by atomic mass is 32.1. The molecule has 0 aliphatic carbocycles. The summed E-state index contributed by atoms with van der Waals surface area (Å²) >= 11 is 0.517. The number of hydrogen-bond acceptors (Lipinski definition) is 5. The van der Waals surface area contributed by atoms with Crippen molar-refractivity contribution in [2.75, 3.05) is 30.8 Å². The number of amides is 3. The van der Waals surface area contributed by atoms with Gasteiger partial charge in [-0.2, -0.15) is 35.1 Å². The molecule has 0 saturated carbocycles. The van der Waals surface area contributed by atoms with E-state index in [0.29, 0.717) is 35.5 Å². The molecule has 1 aromatic heterocycles. The number of fused-ring (bicyclic) bond motifs is 1. The molecule has 0 bridgehead atoms. The Morgan fingerprint density at radius 2 is 1.65 bits per heavy atom. The zero-order valence-corrected chi connectivity index (χ0v) is 25.2. The fraction of sp³-hybridized carbons (Fsp3) is 0.258. The minimum Gasteiger partial charge on any atom is -0.496 e. The van der Waals surface area contributed by atoms with E-state index in [1.807, 2.05) is 0 Å². The van der Waals surface area contributed by atoms with Crippen molar-refractivity contribution < 1.29 is 58.6 Å². The molecule has 17 heteroatoms. The maximum absolute atomic E-state index is 13.8. The highest BCUT2D eigenvalue weighted by Crippen LogP contribution is 2.41. The number of halogens is 9. The number of carbonyl (C=O) groups excluding carboxylic acids is 3. The summed E-state index contributed by atoms with van der Waals surface area (Å²) in [5.41, 5.74) is -3.11. The number of nitrogens with one attached hydrogen (secondary N) is 2. The Balaban J connectivity index is 1.51. The summed E-state index contributed by atoms with van der Waals surface area (Å²) in [5.74, 6) is -5.34. The first kappa shape index (κ1) is 34.5. The quantitative estimate of drug-likeness (QED) is 0.190. The van der Waals surface area contributed by atoms with Crippen molar-refractivity contribution in [3.63, 3.8) is 0 Å². The van der Waals surface area contributed by atoms with Crippen molar-refractivity contribution in [1.29, 1.82) is 0 Å². The van der Waals surface area contributed by atoms with Gasteiger partial charge in [0.05, 0.1) is 29.5 Å². The molecule has 3 aromatic carbocycles. The lowest BCUT2D eigenvalue weighted by Crippen LogP contribution is -2.33. The van der Waals surface area contributed by atoms with Crippen molar-refractivity contribution in [2.45, 2.75) is 31.1 Å². The molecule has 2 N–H and O–H groups in total. The first-order chi connectivity index (χ1) is 22.5. The molecule has 1 atom stereocenters. The van der Waals surface area contributed by atoms with Crippen molar-refractivity contribution in [1.82, 2.24) is 4.90 Å². The third-order valence-corrected chi connectivity index (χ3v) is 8.77. The van der Waals surface area contributed by atoms with Crippen LogP contribution in [0.25, 0.3) is 10.1 Å². The largest absolute Gasteiger partial charge is 0.496 e. The number of nitrogens with zero attached hydrogens (tertiary/aromatic N) is 1. The van der Waals surface area contributed by atoms with E-state index in [1.54, 1.807) is 6.07 Å². The molecule has 3 amide bonds. The summed E-state index contributed by atoms with van der Waals surface area (Å²) in [6.07, 6.45) is -12.7. The molecule has 1 unspecified atom stereocenters. The van der Waals surface area contributed by atoms with Gasteiger partial charge in [-0.25, -0.2) is 4.39 Å². The topological polar surface area (TPSA) is 87.7 Å². The van der Waals surface area contributed by atoms with Crippen LogP contribution in [0.15, 0.2) is 54.6 Å². The van der Waals surface area contributed by atoms with Crippen molar-refractivity contribution >= 4 is 50.5 Å². The van der Waals surface area contributed by atoms with E-state index in [1.165, 1.54) is 19.2 Å². The number of anilines is 2. The molecule has 4 aromatic rings. The average molecular weight is 704 g/mol. The highest BCUT2D eigenvalue weighted by molar-refractivity contribution is 7.21. The van der Waals surface area contributed by atoms with Gasteiger partial charge in [-0.1, -0.05) is 12.1 Å². The van der Waals surface area contributed by atoms with E-state index in [-0.39, 0.29) is 45.1 Å². The summed E-state index contributed by atoms with van der Waals surface area (Å²) < 4.78 is 125. The number of benzene rings is 3. The van der Waals surface area contributed by atoms with Crippen LogP contribution in [-0.2, 0) is 17.1 Å². The van der Waals surface area contributed by atoms with Gasteiger partial charge in [-0.05, 0) is 54.4 Å². The molecule has 2 heterocycles. The fourth-order valence-corrected chi connectivity index (χ4v) is 6.37. The summed E-state index contributed by atoms with van der Waals surface area (Å²) in [5, 5.41) is 4.66. The van der Waals surface area contributed by atoms with E-state index in [2.05, 4.69) is 10.6 Å². The molecule has 1 fully saturated rings. The van der Waals surface area contributed by atoms with Crippen LogP contribution < -0.4 is 15.4 Å². The molecule has 1 aliphatic rings. The lowest BCUT2D eigenvalue weighted by atomic mass is 9.96. The van der Waals surface area contributed by atoms with Crippen LogP contribution in [0, 0.1) is 5.82 Å². The summed E-state index contributed by atoms with van der Waals surface area (Å²) in [7, 11) is 1.25. The lowest BCUT2D eigenvalue weighted by molar-refractivity contribution is -0.141. The predicted octanol–water partition coefficient (Wildman–Crippen LogP) is 8.17. The number of rotatable bonds is 7. The molecule has 0 spiro atoms. The SMILES string of the molecule is COc1ccc(C2CCN(C(=O)C(F)F)C2)cc1C(=O)Nc1c(C(=O)Nc2ccc(F)c(C(F)(F)F)c2)sc2cc(C(F)(F)F)ccc12. The van der Waals surface area contributed by atoms with Crippen LogP contribution in [0.5, 0.6) is 5.75 Å². The Hall–Kier alpha value is -4.80. The number of alkyl halides is 8. The zero-order chi connectivity index (χ0) is 35.1. The van der Waals surface area contributed by atoms with Gasteiger partial charge in [-0.15, -0.1) is 11.3 Å². The molecule has 0 radical (unpaired) electrons.